The van der Waals surface area contributed by atoms with Crippen molar-refractivity contribution < 1.29 is 14.3 Å². The number of para-hydroxylation sites is 1. The van der Waals surface area contributed by atoms with Crippen molar-refractivity contribution >= 4 is 11.8 Å². The summed E-state index contributed by atoms with van der Waals surface area (Å²) >= 11 is 0. The first kappa shape index (κ1) is 17.9. The van der Waals surface area contributed by atoms with Crippen molar-refractivity contribution in [2.24, 2.45) is 0 Å². The van der Waals surface area contributed by atoms with Crippen molar-refractivity contribution in [2.75, 3.05) is 6.61 Å². The van der Waals surface area contributed by atoms with Crippen molar-refractivity contribution in [3.63, 3.8) is 0 Å². The van der Waals surface area contributed by atoms with Gasteiger partial charge in [-0.1, -0.05) is 24.3 Å². The molecule has 136 valence electrons. The van der Waals surface area contributed by atoms with E-state index in [1.165, 1.54) is 0 Å². The van der Waals surface area contributed by atoms with Crippen molar-refractivity contribution in [2.45, 2.75) is 38.9 Å². The van der Waals surface area contributed by atoms with Crippen LogP contribution < -0.4 is 10.1 Å². The van der Waals surface area contributed by atoms with E-state index in [9.17, 15) is 9.59 Å². The van der Waals surface area contributed by atoms with Crippen LogP contribution in [0.1, 0.15) is 37.9 Å². The molecule has 0 saturated carbocycles. The zero-order valence-corrected chi connectivity index (χ0v) is 15.2. The van der Waals surface area contributed by atoms with Crippen LogP contribution >= 0.6 is 0 Å². The minimum absolute atomic E-state index is 0.101. The second-order valence-corrected chi connectivity index (χ2v) is 7.35. The summed E-state index contributed by atoms with van der Waals surface area (Å²) in [5, 5.41) is 2.99. The average Bonchev–Trinajstić information content (AvgIpc) is 2.72. The maximum absolute atomic E-state index is 13.1. The second kappa shape index (κ2) is 7.15. The highest BCUT2D eigenvalue weighted by Gasteiger charge is 2.37. The van der Waals surface area contributed by atoms with Crippen LogP contribution in [0.3, 0.4) is 0 Å². The van der Waals surface area contributed by atoms with Crippen LogP contribution in [0.4, 0.5) is 0 Å². The van der Waals surface area contributed by atoms with E-state index in [1.54, 1.807) is 23.4 Å². The molecular formula is C20H23N3O3. The fourth-order valence-electron chi connectivity index (χ4n) is 2.96. The number of amides is 2. The predicted molar refractivity (Wildman–Crippen MR) is 97.4 cm³/mol. The fraction of sp³-hybridized carbons (Fsp3) is 0.350. The van der Waals surface area contributed by atoms with Gasteiger partial charge in [0.25, 0.3) is 5.91 Å². The van der Waals surface area contributed by atoms with Gasteiger partial charge in [0.05, 0.1) is 0 Å². The van der Waals surface area contributed by atoms with Gasteiger partial charge in [-0.3, -0.25) is 14.6 Å². The third-order valence-corrected chi connectivity index (χ3v) is 4.02. The number of rotatable bonds is 3. The van der Waals surface area contributed by atoms with Gasteiger partial charge < -0.3 is 15.0 Å². The van der Waals surface area contributed by atoms with Gasteiger partial charge in [0, 0.05) is 30.0 Å². The van der Waals surface area contributed by atoms with Crippen molar-refractivity contribution in [3.8, 4) is 5.75 Å². The lowest BCUT2D eigenvalue weighted by molar-refractivity contribution is -0.142. The minimum Gasteiger partial charge on any atom is -0.483 e. The number of nitrogens with zero attached hydrogens (tertiary/aromatic N) is 2. The van der Waals surface area contributed by atoms with E-state index in [4.69, 9.17) is 4.74 Å². The molecule has 6 heteroatoms. The summed E-state index contributed by atoms with van der Waals surface area (Å²) in [7, 11) is 0. The van der Waals surface area contributed by atoms with Crippen molar-refractivity contribution in [1.29, 1.82) is 0 Å². The molecule has 0 bridgehead atoms. The second-order valence-electron chi connectivity index (χ2n) is 7.35. The van der Waals surface area contributed by atoms with E-state index < -0.39 is 11.6 Å². The molecule has 0 spiro atoms. The first-order valence-corrected chi connectivity index (χ1v) is 8.57. The molecule has 0 radical (unpaired) electrons. The van der Waals surface area contributed by atoms with Crippen LogP contribution in [0.2, 0.25) is 0 Å². The molecule has 1 aliphatic heterocycles. The summed E-state index contributed by atoms with van der Waals surface area (Å²) in [5.41, 5.74) is 1.13. The van der Waals surface area contributed by atoms with Gasteiger partial charge in [0.15, 0.2) is 6.61 Å². The number of nitrogens with one attached hydrogen (secondary N) is 1. The summed E-state index contributed by atoms with van der Waals surface area (Å²) in [6.07, 6.45) is 3.37. The lowest BCUT2D eigenvalue weighted by Crippen LogP contribution is -2.49. The van der Waals surface area contributed by atoms with E-state index in [2.05, 4.69) is 10.3 Å². The molecule has 1 atom stereocenters. The Labute approximate surface area is 153 Å². The molecule has 1 N–H and O–H groups in total. The van der Waals surface area contributed by atoms with Crippen molar-refractivity contribution in [1.82, 2.24) is 15.2 Å². The van der Waals surface area contributed by atoms with E-state index in [1.807, 2.05) is 51.1 Å². The number of carbonyl (C=O) groups excluding carboxylic acids is 2. The number of carbonyl (C=O) groups is 2. The van der Waals surface area contributed by atoms with Gasteiger partial charge >= 0.3 is 0 Å². The number of aromatic nitrogens is 1. The Bertz CT molecular complexity index is 799. The number of ether oxygens (including phenoxy) is 1. The topological polar surface area (TPSA) is 71.5 Å². The molecule has 1 unspecified atom stereocenters. The lowest BCUT2D eigenvalue weighted by atomic mass is 10.0. The van der Waals surface area contributed by atoms with Gasteiger partial charge in [0.1, 0.15) is 11.8 Å². The number of fused-ring (bicyclic) bond motifs is 1. The summed E-state index contributed by atoms with van der Waals surface area (Å²) in [6, 6.07) is 10.2. The normalized spacial score (nSPS) is 17.1. The highest BCUT2D eigenvalue weighted by atomic mass is 16.5. The number of hydrogen-bond donors (Lipinski definition) is 1. The predicted octanol–water partition coefficient (Wildman–Crippen LogP) is 2.46. The monoisotopic (exact) mass is 353 g/mol. The quantitative estimate of drug-likeness (QED) is 0.920. The van der Waals surface area contributed by atoms with Gasteiger partial charge in [-0.2, -0.15) is 0 Å². The Kier molecular flexibility index (Phi) is 4.93. The van der Waals surface area contributed by atoms with E-state index in [0.717, 1.165) is 5.56 Å². The SMILES string of the molecule is CC(C)(C)NC(=O)C1c2ccccc2OCC(=O)N1Cc1cccnc1. The highest BCUT2D eigenvalue weighted by molar-refractivity contribution is 5.91. The Morgan fingerprint density at radius 3 is 2.73 bits per heavy atom. The van der Waals surface area contributed by atoms with Crippen LogP contribution in [0.15, 0.2) is 48.8 Å². The number of benzene rings is 1. The van der Waals surface area contributed by atoms with Gasteiger partial charge in [0.2, 0.25) is 5.91 Å². The van der Waals surface area contributed by atoms with Gasteiger partial charge in [-0.25, -0.2) is 0 Å². The molecule has 2 aromatic rings. The molecule has 0 saturated heterocycles. The first-order chi connectivity index (χ1) is 12.3. The molecule has 1 aromatic heterocycles. The molecule has 3 rings (SSSR count). The van der Waals surface area contributed by atoms with Crippen LogP contribution in [-0.4, -0.2) is 33.8 Å². The third-order valence-electron chi connectivity index (χ3n) is 4.02. The summed E-state index contributed by atoms with van der Waals surface area (Å²) < 4.78 is 5.65. The standard InChI is InChI=1S/C20H23N3O3/c1-20(2,3)22-19(25)18-15-8-4-5-9-16(15)26-13-17(24)23(18)12-14-7-6-10-21-11-14/h4-11,18H,12-13H2,1-3H3,(H,22,25). The Morgan fingerprint density at radius 1 is 1.27 bits per heavy atom. The Morgan fingerprint density at radius 2 is 2.04 bits per heavy atom. The molecule has 0 aliphatic carbocycles. The molecule has 2 heterocycles. The summed E-state index contributed by atoms with van der Waals surface area (Å²) in [6.45, 7) is 5.93. The minimum atomic E-state index is -0.763. The van der Waals surface area contributed by atoms with E-state index in [-0.39, 0.29) is 25.0 Å². The highest BCUT2D eigenvalue weighted by Crippen LogP contribution is 2.33. The molecule has 6 nitrogen and oxygen atoms in total. The Hall–Kier alpha value is -2.89. The summed E-state index contributed by atoms with van der Waals surface area (Å²) in [5.74, 6) is 0.0930. The fourth-order valence-corrected chi connectivity index (χ4v) is 2.96. The molecule has 26 heavy (non-hydrogen) atoms. The van der Waals surface area contributed by atoms with Crippen LogP contribution in [0.5, 0.6) is 5.75 Å². The smallest absolute Gasteiger partial charge is 0.261 e. The maximum Gasteiger partial charge on any atom is 0.261 e. The third kappa shape index (κ3) is 4.02. The first-order valence-electron chi connectivity index (χ1n) is 8.57. The Balaban J connectivity index is 2.03. The molecular weight excluding hydrogens is 330 g/mol. The van der Waals surface area contributed by atoms with E-state index >= 15 is 0 Å². The zero-order valence-electron chi connectivity index (χ0n) is 15.2. The summed E-state index contributed by atoms with van der Waals surface area (Å²) in [4.78, 5) is 31.5. The maximum atomic E-state index is 13.1. The molecule has 2 amide bonds. The molecule has 1 aromatic carbocycles. The van der Waals surface area contributed by atoms with E-state index in [0.29, 0.717) is 11.3 Å². The lowest BCUT2D eigenvalue weighted by Gasteiger charge is -2.32. The van der Waals surface area contributed by atoms with Gasteiger partial charge in [-0.05, 0) is 38.5 Å². The zero-order chi connectivity index (χ0) is 18.7. The largest absolute Gasteiger partial charge is 0.483 e. The number of pyridine rings is 1. The van der Waals surface area contributed by atoms with Crippen LogP contribution in [0.25, 0.3) is 0 Å². The van der Waals surface area contributed by atoms with Crippen LogP contribution in [0, 0.1) is 0 Å². The van der Waals surface area contributed by atoms with Crippen molar-refractivity contribution in [3.05, 3.63) is 59.9 Å². The average molecular weight is 353 g/mol. The molecule has 1 aliphatic rings. The number of hydrogen-bond acceptors (Lipinski definition) is 4. The molecule has 0 fully saturated rings. The van der Waals surface area contributed by atoms with Crippen LogP contribution in [-0.2, 0) is 16.1 Å². The van der Waals surface area contributed by atoms with Gasteiger partial charge in [-0.15, -0.1) is 0 Å².